The summed E-state index contributed by atoms with van der Waals surface area (Å²) in [6.07, 6.45) is 13.8. The number of ketones is 2. The Labute approximate surface area is 166 Å². The SMILES string of the molecule is CCC[CH2][Sn]([CH2]CCC)([CH2]CCC)[C@H]1CC(=O)CC(=O)[C@H]2CCCC[C@H]21. The van der Waals surface area contributed by atoms with E-state index in [1.165, 1.54) is 71.1 Å². The molecule has 0 aromatic carbocycles. The minimum atomic E-state index is -2.48. The summed E-state index contributed by atoms with van der Waals surface area (Å²) in [4.78, 5) is 25.5. The number of Topliss-reactive ketones (excluding diaryl/α,β-unsaturated/α-hetero) is 2. The van der Waals surface area contributed by atoms with E-state index in [2.05, 4.69) is 20.8 Å². The van der Waals surface area contributed by atoms with Gasteiger partial charge in [0.25, 0.3) is 0 Å². The first-order valence-corrected chi connectivity index (χ1v) is 19.3. The monoisotopic (exact) mass is 470 g/mol. The van der Waals surface area contributed by atoms with Crippen LogP contribution in [-0.4, -0.2) is 29.9 Å². The molecule has 2 aliphatic carbocycles. The van der Waals surface area contributed by atoms with Crippen LogP contribution in [0.1, 0.15) is 97.8 Å². The van der Waals surface area contributed by atoms with E-state index in [0.717, 1.165) is 12.8 Å². The zero-order valence-electron chi connectivity index (χ0n) is 17.7. The van der Waals surface area contributed by atoms with E-state index in [0.29, 0.717) is 21.4 Å². The molecule has 3 atom stereocenters. The molecule has 0 unspecified atom stereocenters. The molecule has 0 aliphatic heterocycles. The molecule has 2 saturated carbocycles. The zero-order valence-corrected chi connectivity index (χ0v) is 20.5. The van der Waals surface area contributed by atoms with Gasteiger partial charge in [-0.25, -0.2) is 0 Å². The molecule has 0 heterocycles. The number of rotatable bonds is 10. The van der Waals surface area contributed by atoms with E-state index in [-0.39, 0.29) is 12.3 Å². The fraction of sp³-hybridized carbons (Fsp3) is 0.913. The van der Waals surface area contributed by atoms with Crippen LogP contribution >= 0.6 is 0 Å². The first-order valence-electron chi connectivity index (χ1n) is 11.6. The average molecular weight is 469 g/mol. The molecule has 2 rings (SSSR count). The Morgan fingerprint density at radius 3 is 1.92 bits per heavy atom. The maximum atomic E-state index is 12.8. The quantitative estimate of drug-likeness (QED) is 0.257. The second-order valence-electron chi connectivity index (χ2n) is 9.22. The molecule has 0 bridgehead atoms. The molecular weight excluding hydrogens is 427 g/mol. The van der Waals surface area contributed by atoms with Gasteiger partial charge in [0, 0.05) is 0 Å². The van der Waals surface area contributed by atoms with E-state index in [1.54, 1.807) is 0 Å². The summed E-state index contributed by atoms with van der Waals surface area (Å²) in [6.45, 7) is 6.96. The Balaban J connectivity index is 2.38. The van der Waals surface area contributed by atoms with E-state index < -0.39 is 18.4 Å². The predicted octanol–water partition coefficient (Wildman–Crippen LogP) is 6.94. The molecular formula is C23H42O2Sn. The molecule has 0 saturated heterocycles. The van der Waals surface area contributed by atoms with Crippen molar-refractivity contribution >= 4 is 29.9 Å². The Morgan fingerprint density at radius 1 is 0.846 bits per heavy atom. The Hall–Kier alpha value is 0.139. The standard InChI is InChI=1S/C11H15O2.3C4H9.Sn/c12-9-6-5-8-3-1-2-4-10(8)11(13)7-9;3*1-3-4-2;/h5,8,10H,1-4,6-7H2;3*1,3-4H2,2H3;/t8-,10-;;;;/m0..../s1. The van der Waals surface area contributed by atoms with Gasteiger partial charge in [0.05, 0.1) is 0 Å². The molecule has 0 radical (unpaired) electrons. The normalized spacial score (nSPS) is 27.3. The summed E-state index contributed by atoms with van der Waals surface area (Å²) >= 11 is -2.48. The van der Waals surface area contributed by atoms with E-state index in [4.69, 9.17) is 0 Å². The second kappa shape index (κ2) is 11.2. The molecule has 0 amide bonds. The molecule has 0 aromatic heterocycles. The van der Waals surface area contributed by atoms with Crippen LogP contribution in [-0.2, 0) is 9.59 Å². The fourth-order valence-electron chi connectivity index (χ4n) is 6.02. The summed E-state index contributed by atoms with van der Waals surface area (Å²) in [5, 5.41) is 0. The van der Waals surface area contributed by atoms with Gasteiger partial charge in [-0.1, -0.05) is 0 Å². The fourth-order valence-corrected chi connectivity index (χ4v) is 26.0. The van der Waals surface area contributed by atoms with Gasteiger partial charge in [-0.2, -0.15) is 0 Å². The van der Waals surface area contributed by atoms with Crippen molar-refractivity contribution in [3.63, 3.8) is 0 Å². The van der Waals surface area contributed by atoms with E-state index in [1.807, 2.05) is 0 Å². The predicted molar refractivity (Wildman–Crippen MR) is 113 cm³/mol. The number of fused-ring (bicyclic) bond motifs is 1. The van der Waals surface area contributed by atoms with E-state index in [9.17, 15) is 9.59 Å². The van der Waals surface area contributed by atoms with Gasteiger partial charge in [-0.3, -0.25) is 0 Å². The first-order chi connectivity index (χ1) is 12.6. The third-order valence-electron chi connectivity index (χ3n) is 7.44. The van der Waals surface area contributed by atoms with Gasteiger partial charge >= 0.3 is 166 Å². The minimum absolute atomic E-state index is 0.237. The molecule has 3 heteroatoms. The van der Waals surface area contributed by atoms with Crippen LogP contribution in [0.15, 0.2) is 0 Å². The summed E-state index contributed by atoms with van der Waals surface area (Å²) in [7, 11) is 0. The van der Waals surface area contributed by atoms with Gasteiger partial charge in [0.15, 0.2) is 0 Å². The van der Waals surface area contributed by atoms with Gasteiger partial charge in [0.2, 0.25) is 0 Å². The number of hydrogen-bond donors (Lipinski definition) is 0. The van der Waals surface area contributed by atoms with Crippen LogP contribution in [0.3, 0.4) is 0 Å². The number of unbranched alkanes of at least 4 members (excludes halogenated alkanes) is 3. The van der Waals surface area contributed by atoms with Crippen LogP contribution in [0.5, 0.6) is 0 Å². The molecule has 0 aromatic rings. The van der Waals surface area contributed by atoms with Gasteiger partial charge in [-0.15, -0.1) is 0 Å². The average Bonchev–Trinajstić information content (AvgIpc) is 2.78. The molecule has 2 aliphatic rings. The maximum absolute atomic E-state index is 12.8. The first kappa shape index (κ1) is 22.4. The third kappa shape index (κ3) is 5.58. The van der Waals surface area contributed by atoms with Crippen LogP contribution in [0.4, 0.5) is 0 Å². The number of carbonyl (C=O) groups excluding carboxylic acids is 2. The summed E-state index contributed by atoms with van der Waals surface area (Å²) < 4.78 is 5.08. The van der Waals surface area contributed by atoms with Crippen molar-refractivity contribution in [3.8, 4) is 0 Å². The van der Waals surface area contributed by atoms with Crippen molar-refractivity contribution in [3.05, 3.63) is 0 Å². The van der Waals surface area contributed by atoms with Crippen LogP contribution in [0, 0.1) is 11.8 Å². The van der Waals surface area contributed by atoms with Crippen LogP contribution in [0.25, 0.3) is 0 Å². The van der Waals surface area contributed by atoms with Gasteiger partial charge < -0.3 is 0 Å². The topological polar surface area (TPSA) is 34.1 Å². The van der Waals surface area contributed by atoms with Gasteiger partial charge in [0.1, 0.15) is 0 Å². The molecule has 0 spiro atoms. The van der Waals surface area contributed by atoms with Crippen molar-refractivity contribution < 1.29 is 9.59 Å². The van der Waals surface area contributed by atoms with Crippen LogP contribution < -0.4 is 0 Å². The van der Waals surface area contributed by atoms with Crippen molar-refractivity contribution in [1.29, 1.82) is 0 Å². The summed E-state index contributed by atoms with van der Waals surface area (Å²) in [5.74, 6) is 1.41. The molecule has 2 nitrogen and oxygen atoms in total. The second-order valence-corrected chi connectivity index (χ2v) is 23.4. The zero-order chi connectivity index (χ0) is 19.0. The van der Waals surface area contributed by atoms with Crippen molar-refractivity contribution in [2.24, 2.45) is 11.8 Å². The van der Waals surface area contributed by atoms with Crippen molar-refractivity contribution in [1.82, 2.24) is 0 Å². The van der Waals surface area contributed by atoms with Gasteiger partial charge in [-0.05, 0) is 0 Å². The Kier molecular flexibility index (Phi) is 9.67. The molecule has 2 fully saturated rings. The van der Waals surface area contributed by atoms with Crippen molar-refractivity contribution in [2.75, 3.05) is 0 Å². The Bertz CT molecular complexity index is 437. The Morgan fingerprint density at radius 2 is 1.38 bits per heavy atom. The summed E-state index contributed by atoms with van der Waals surface area (Å²) in [6, 6.07) is 0. The summed E-state index contributed by atoms with van der Waals surface area (Å²) in [5.41, 5.74) is 0. The molecule has 26 heavy (non-hydrogen) atoms. The molecule has 0 N–H and O–H groups in total. The number of hydrogen-bond acceptors (Lipinski definition) is 2. The van der Waals surface area contributed by atoms with E-state index >= 15 is 0 Å². The number of carbonyl (C=O) groups is 2. The third-order valence-corrected chi connectivity index (χ3v) is 25.3. The molecule has 150 valence electrons. The van der Waals surface area contributed by atoms with Crippen molar-refractivity contribution in [2.45, 2.75) is 115 Å². The van der Waals surface area contributed by atoms with Crippen LogP contribution in [0.2, 0.25) is 17.2 Å².